The van der Waals surface area contributed by atoms with Crippen molar-refractivity contribution in [1.29, 1.82) is 5.26 Å². The Bertz CT molecular complexity index is 2500. The van der Waals surface area contributed by atoms with E-state index in [1.807, 2.05) is 77.7 Å². The summed E-state index contributed by atoms with van der Waals surface area (Å²) in [5.41, 5.74) is 4.46. The van der Waals surface area contributed by atoms with Crippen molar-refractivity contribution in [3.63, 3.8) is 0 Å². The first-order valence-corrected chi connectivity index (χ1v) is 21.2. The molecule has 15 heteroatoms. The number of imide groups is 2. The molecule has 2 aliphatic heterocycles. The number of hydrogen-bond donors (Lipinski definition) is 3. The second-order valence-corrected chi connectivity index (χ2v) is 15.7. The van der Waals surface area contributed by atoms with E-state index in [1.54, 1.807) is 30.6 Å². The average molecular weight is 847 g/mol. The van der Waals surface area contributed by atoms with Gasteiger partial charge in [-0.25, -0.2) is 14.8 Å². The van der Waals surface area contributed by atoms with Crippen LogP contribution in [0.5, 0.6) is 11.6 Å². The van der Waals surface area contributed by atoms with E-state index >= 15 is 0 Å². The van der Waals surface area contributed by atoms with Crippen LogP contribution in [0.1, 0.15) is 83.2 Å². The molecule has 5 aromatic rings. The molecule has 3 aromatic carbocycles. The summed E-state index contributed by atoms with van der Waals surface area (Å²) in [4.78, 5) is 76.0. The van der Waals surface area contributed by atoms with E-state index in [0.717, 1.165) is 58.8 Å². The molecule has 3 aliphatic rings. The highest BCUT2D eigenvalue weighted by Crippen LogP contribution is 2.34. The van der Waals surface area contributed by atoms with E-state index in [2.05, 4.69) is 32.0 Å². The lowest BCUT2D eigenvalue weighted by molar-refractivity contribution is -0.136. The summed E-state index contributed by atoms with van der Waals surface area (Å²) in [5, 5.41) is 17.9. The highest BCUT2D eigenvalue weighted by Gasteiger charge is 2.46. The number of nitrogens with one attached hydrogen (secondary N) is 3. The zero-order chi connectivity index (χ0) is 43.7. The molecule has 2 fully saturated rings. The Morgan fingerprint density at radius 3 is 2.25 bits per heavy atom. The summed E-state index contributed by atoms with van der Waals surface area (Å²) in [6.07, 6.45) is 8.00. The standard InChI is InChI=1S/C48H46N8O7/c49-27-32-11-22-41(50-29-32)53-35-15-19-37(20-16-35)55(48(61)52-28-31-7-2-1-3-8-31)36-17-12-33(13-18-36)34-14-24-43(51-30-34)63-26-5-4-25-62-40-10-6-9-38-44(40)47(60)56(46(38)59)39-21-23-42(57)54-45(39)58/h1-3,6-14,17-18,22,24,29-30,35,37,39H,4-5,15-16,19-21,23,25-26,28H2,(H,50,53)(H,52,61)(H,54,57,58). The molecule has 1 saturated heterocycles. The SMILES string of the molecule is N#Cc1ccc(NC2CCC(N(C(=O)NCc3ccccc3)c3ccc(-c4ccc(OCCCCOc5cccc6c5C(=O)N(C5CCC(=O)NC5=O)C6=O)nc4)cc3)CC2)nc1. The maximum atomic E-state index is 13.9. The van der Waals surface area contributed by atoms with Gasteiger partial charge in [0.25, 0.3) is 11.8 Å². The molecule has 1 saturated carbocycles. The molecular weight excluding hydrogens is 801 g/mol. The maximum Gasteiger partial charge on any atom is 0.322 e. The number of fused-ring (bicyclic) bond motifs is 1. The number of benzene rings is 3. The molecule has 0 bridgehead atoms. The van der Waals surface area contributed by atoms with Crippen molar-refractivity contribution in [1.82, 2.24) is 25.5 Å². The number of nitriles is 1. The number of urea groups is 1. The molecule has 15 nitrogen and oxygen atoms in total. The Morgan fingerprint density at radius 2 is 1.56 bits per heavy atom. The van der Waals surface area contributed by atoms with Crippen LogP contribution < -0.4 is 30.3 Å². The van der Waals surface area contributed by atoms with Crippen LogP contribution in [-0.4, -0.2) is 75.9 Å². The molecular formula is C48H46N8O7. The predicted octanol–water partition coefficient (Wildman–Crippen LogP) is 6.79. The number of piperidine rings is 1. The van der Waals surface area contributed by atoms with Crippen molar-refractivity contribution in [3.8, 4) is 28.8 Å². The van der Waals surface area contributed by atoms with Gasteiger partial charge in [-0.1, -0.05) is 48.5 Å². The second kappa shape index (κ2) is 19.4. The zero-order valence-electron chi connectivity index (χ0n) is 34.5. The van der Waals surface area contributed by atoms with Crippen molar-refractivity contribution in [2.45, 2.75) is 76.0 Å². The number of carbonyl (C=O) groups excluding carboxylic acids is 5. The van der Waals surface area contributed by atoms with Gasteiger partial charge in [-0.15, -0.1) is 0 Å². The fourth-order valence-electron chi connectivity index (χ4n) is 8.20. The molecule has 4 heterocycles. The number of carbonyl (C=O) groups is 5. The Labute approximate surface area is 364 Å². The third-order valence-corrected chi connectivity index (χ3v) is 11.5. The fraction of sp³-hybridized carbons (Fsp3) is 0.292. The van der Waals surface area contributed by atoms with E-state index in [9.17, 15) is 24.0 Å². The molecule has 0 radical (unpaired) electrons. The highest BCUT2D eigenvalue weighted by molar-refractivity contribution is 6.24. The molecule has 1 unspecified atom stereocenters. The van der Waals surface area contributed by atoms with E-state index in [1.165, 1.54) is 6.07 Å². The van der Waals surface area contributed by atoms with Crippen LogP contribution in [-0.2, 0) is 16.1 Å². The minimum absolute atomic E-state index is 0.00462. The quantitative estimate of drug-likeness (QED) is 0.0741. The molecule has 0 spiro atoms. The van der Waals surface area contributed by atoms with Gasteiger partial charge >= 0.3 is 6.03 Å². The summed E-state index contributed by atoms with van der Waals surface area (Å²) >= 11 is 0. The van der Waals surface area contributed by atoms with Crippen LogP contribution in [0.2, 0.25) is 0 Å². The maximum absolute atomic E-state index is 13.9. The van der Waals surface area contributed by atoms with Crippen LogP contribution in [0.15, 0.2) is 109 Å². The van der Waals surface area contributed by atoms with Crippen LogP contribution in [0.3, 0.4) is 0 Å². The Balaban J connectivity index is 0.830. The number of anilines is 2. The van der Waals surface area contributed by atoms with Gasteiger partial charge in [-0.2, -0.15) is 5.26 Å². The lowest BCUT2D eigenvalue weighted by Crippen LogP contribution is -2.54. The molecule has 1 atom stereocenters. The van der Waals surface area contributed by atoms with Gasteiger partial charge in [0, 0.05) is 54.8 Å². The first-order chi connectivity index (χ1) is 30.7. The van der Waals surface area contributed by atoms with E-state index in [0.29, 0.717) is 37.4 Å². The van der Waals surface area contributed by atoms with Crippen molar-refractivity contribution >= 4 is 41.2 Å². The number of ether oxygens (including phenoxy) is 2. The van der Waals surface area contributed by atoms with E-state index in [-0.39, 0.29) is 54.4 Å². The number of unbranched alkanes of at least 4 members (excludes halogenated alkanes) is 1. The summed E-state index contributed by atoms with van der Waals surface area (Å²) in [7, 11) is 0. The number of pyridine rings is 2. The van der Waals surface area contributed by atoms with Crippen LogP contribution in [0.25, 0.3) is 11.1 Å². The largest absolute Gasteiger partial charge is 0.493 e. The molecule has 6 amide bonds. The normalized spacial score (nSPS) is 18.2. The summed E-state index contributed by atoms with van der Waals surface area (Å²) in [6, 6.07) is 31.0. The third-order valence-electron chi connectivity index (χ3n) is 11.5. The molecule has 320 valence electrons. The molecule has 3 N–H and O–H groups in total. The van der Waals surface area contributed by atoms with Gasteiger partial charge in [0.2, 0.25) is 17.7 Å². The van der Waals surface area contributed by atoms with Gasteiger partial charge in [0.15, 0.2) is 0 Å². The molecule has 8 rings (SSSR count). The van der Waals surface area contributed by atoms with Crippen molar-refractivity contribution < 1.29 is 33.4 Å². The number of rotatable bonds is 15. The summed E-state index contributed by atoms with van der Waals surface area (Å²) in [5.74, 6) is -0.814. The lowest BCUT2D eigenvalue weighted by atomic mass is 9.89. The fourth-order valence-corrected chi connectivity index (χ4v) is 8.20. The van der Waals surface area contributed by atoms with Crippen LogP contribution in [0, 0.1) is 11.3 Å². The van der Waals surface area contributed by atoms with Crippen molar-refractivity contribution in [2.24, 2.45) is 0 Å². The first kappa shape index (κ1) is 42.1. The Kier molecular flexibility index (Phi) is 13.0. The average Bonchev–Trinajstić information content (AvgIpc) is 3.57. The lowest BCUT2D eigenvalue weighted by Gasteiger charge is -2.37. The van der Waals surface area contributed by atoms with Crippen molar-refractivity contribution in [2.75, 3.05) is 23.4 Å². The third kappa shape index (κ3) is 9.81. The zero-order valence-corrected chi connectivity index (χ0v) is 34.5. The minimum atomic E-state index is -1.05. The van der Waals surface area contributed by atoms with Gasteiger partial charge in [0.1, 0.15) is 23.7 Å². The highest BCUT2D eigenvalue weighted by atomic mass is 16.5. The van der Waals surface area contributed by atoms with Gasteiger partial charge in [-0.3, -0.25) is 34.3 Å². The minimum Gasteiger partial charge on any atom is -0.493 e. The van der Waals surface area contributed by atoms with Crippen LogP contribution in [0.4, 0.5) is 16.3 Å². The summed E-state index contributed by atoms with van der Waals surface area (Å²) in [6.45, 7) is 1.06. The van der Waals surface area contributed by atoms with Gasteiger partial charge in [-0.05, 0) is 98.5 Å². The van der Waals surface area contributed by atoms with Gasteiger partial charge < -0.3 is 20.1 Å². The van der Waals surface area contributed by atoms with Crippen molar-refractivity contribution in [3.05, 3.63) is 132 Å². The second-order valence-electron chi connectivity index (χ2n) is 15.7. The number of aromatic nitrogens is 2. The topological polar surface area (TPSA) is 196 Å². The predicted molar refractivity (Wildman–Crippen MR) is 233 cm³/mol. The van der Waals surface area contributed by atoms with E-state index in [4.69, 9.17) is 14.7 Å². The van der Waals surface area contributed by atoms with Crippen LogP contribution >= 0.6 is 0 Å². The number of hydrogen-bond acceptors (Lipinski definition) is 11. The number of amides is 6. The molecule has 2 aromatic heterocycles. The number of nitrogens with zero attached hydrogens (tertiary/aromatic N) is 5. The smallest absolute Gasteiger partial charge is 0.322 e. The Hall–Kier alpha value is -7.60. The summed E-state index contributed by atoms with van der Waals surface area (Å²) < 4.78 is 11.8. The van der Waals surface area contributed by atoms with Gasteiger partial charge in [0.05, 0.1) is 29.9 Å². The van der Waals surface area contributed by atoms with E-state index < -0.39 is 29.7 Å². The monoisotopic (exact) mass is 846 g/mol. The Morgan fingerprint density at radius 1 is 0.794 bits per heavy atom. The molecule has 63 heavy (non-hydrogen) atoms. The first-order valence-electron chi connectivity index (χ1n) is 21.2. The molecule has 1 aliphatic carbocycles.